The molecule has 3 rings (SSSR count). The van der Waals surface area contributed by atoms with Crippen molar-refractivity contribution in [2.75, 3.05) is 12.4 Å². The second-order valence-electron chi connectivity index (χ2n) is 5.45. The van der Waals surface area contributed by atoms with Crippen LogP contribution >= 0.6 is 11.6 Å². The first-order valence-electron chi connectivity index (χ1n) is 7.52. The fraction of sp³-hybridized carbons (Fsp3) is 0.312. The Labute approximate surface area is 151 Å². The van der Waals surface area contributed by atoms with Crippen molar-refractivity contribution >= 4 is 33.6 Å². The lowest BCUT2D eigenvalue weighted by molar-refractivity contribution is 0.00864. The van der Waals surface area contributed by atoms with Crippen LogP contribution < -0.4 is 0 Å². The van der Waals surface area contributed by atoms with Crippen molar-refractivity contribution in [2.45, 2.75) is 24.7 Å². The number of fused-ring (bicyclic) bond motifs is 1. The van der Waals surface area contributed by atoms with Gasteiger partial charge in [0.1, 0.15) is 25.2 Å². The van der Waals surface area contributed by atoms with E-state index in [9.17, 15) is 8.60 Å². The summed E-state index contributed by atoms with van der Waals surface area (Å²) < 4.78 is 32.8. The molecular weight excluding hydrogens is 367 g/mol. The molecule has 25 heavy (non-hydrogen) atoms. The molecule has 3 aromatic rings. The first-order valence-corrected chi connectivity index (χ1v) is 9.22. The van der Waals surface area contributed by atoms with E-state index in [1.165, 1.54) is 12.7 Å². The van der Waals surface area contributed by atoms with Gasteiger partial charge < -0.3 is 4.74 Å². The highest BCUT2D eigenvalue weighted by atomic mass is 35.5. The zero-order valence-corrected chi connectivity index (χ0v) is 15.0. The van der Waals surface area contributed by atoms with Gasteiger partial charge >= 0.3 is 0 Å². The van der Waals surface area contributed by atoms with Gasteiger partial charge in [-0.25, -0.2) is 19.3 Å². The van der Waals surface area contributed by atoms with Crippen LogP contribution in [0.15, 0.2) is 41.8 Å². The number of alkyl halides is 1. The van der Waals surface area contributed by atoms with E-state index in [4.69, 9.17) is 16.3 Å². The molecule has 0 radical (unpaired) electrons. The van der Waals surface area contributed by atoms with Gasteiger partial charge in [-0.3, -0.25) is 8.78 Å². The maximum atomic E-state index is 13.3. The van der Waals surface area contributed by atoms with Gasteiger partial charge in [0.25, 0.3) is 0 Å². The quantitative estimate of drug-likeness (QED) is 0.587. The predicted molar refractivity (Wildman–Crippen MR) is 93.6 cm³/mol. The van der Waals surface area contributed by atoms with Crippen LogP contribution in [0, 0.1) is 6.92 Å². The van der Waals surface area contributed by atoms with E-state index in [2.05, 4.69) is 15.0 Å². The zero-order chi connectivity index (χ0) is 17.8. The largest absolute Gasteiger partial charge is 0.354 e. The molecule has 0 spiro atoms. The zero-order valence-electron chi connectivity index (χ0n) is 13.4. The number of ether oxygens (including phenoxy) is 1. The molecule has 9 heteroatoms. The van der Waals surface area contributed by atoms with E-state index in [0.29, 0.717) is 16.1 Å². The molecule has 0 saturated heterocycles. The summed E-state index contributed by atoms with van der Waals surface area (Å²) in [5.74, 6) is 0.0714. The second-order valence-corrected chi connectivity index (χ2v) is 7.30. The minimum Gasteiger partial charge on any atom is -0.354 e. The van der Waals surface area contributed by atoms with E-state index < -0.39 is 23.6 Å². The summed E-state index contributed by atoms with van der Waals surface area (Å²) >= 11 is 5.94. The van der Waals surface area contributed by atoms with Crippen LogP contribution in [0.4, 0.5) is 4.39 Å². The molecular formula is C16H16ClFN4O2S. The van der Waals surface area contributed by atoms with Gasteiger partial charge in [0, 0.05) is 4.90 Å². The third-order valence-electron chi connectivity index (χ3n) is 3.60. The highest BCUT2D eigenvalue weighted by Crippen LogP contribution is 2.17. The van der Waals surface area contributed by atoms with Gasteiger partial charge in [-0.05, 0) is 19.1 Å². The number of imidazole rings is 1. The molecule has 2 aromatic heterocycles. The molecule has 0 saturated carbocycles. The molecule has 6 nitrogen and oxygen atoms in total. The molecule has 0 amide bonds. The lowest BCUT2D eigenvalue weighted by Gasteiger charge is -2.15. The molecule has 0 N–H and O–H groups in total. The van der Waals surface area contributed by atoms with Gasteiger partial charge in [0.2, 0.25) is 0 Å². The molecule has 0 aliphatic rings. The van der Waals surface area contributed by atoms with E-state index in [0.717, 1.165) is 5.56 Å². The number of hydrogen-bond donors (Lipinski definition) is 0. The monoisotopic (exact) mass is 382 g/mol. The van der Waals surface area contributed by atoms with Crippen molar-refractivity contribution in [3.05, 3.63) is 47.6 Å². The molecule has 0 fully saturated rings. The van der Waals surface area contributed by atoms with Crippen molar-refractivity contribution in [1.29, 1.82) is 0 Å². The third kappa shape index (κ3) is 4.20. The van der Waals surface area contributed by atoms with Crippen LogP contribution in [0.5, 0.6) is 0 Å². The minimum absolute atomic E-state index is 0.0313. The normalized spacial score (nSPS) is 13.9. The third-order valence-corrected chi connectivity index (χ3v) is 5.35. The van der Waals surface area contributed by atoms with E-state index >= 15 is 0 Å². The molecule has 2 heterocycles. The van der Waals surface area contributed by atoms with Crippen LogP contribution in [-0.2, 0) is 22.3 Å². The molecule has 1 aromatic carbocycles. The Balaban J connectivity index is 1.65. The summed E-state index contributed by atoms with van der Waals surface area (Å²) in [6, 6.07) is 7.31. The standard InChI is InChI=1S/C16H16ClFN4O2S/c1-11-2-4-13(5-3-11)25(23)7-12(6-18)24-10-22-9-21-14-15(17)19-8-20-16(14)22/h2-5,8-9,12H,6-7,10H2,1H3/t12-,25+/m0/s1. The van der Waals surface area contributed by atoms with Crippen molar-refractivity contribution in [3.8, 4) is 0 Å². The average Bonchev–Trinajstić information content (AvgIpc) is 3.03. The van der Waals surface area contributed by atoms with E-state index in [1.54, 1.807) is 16.7 Å². The Morgan fingerprint density at radius 2 is 2.04 bits per heavy atom. The maximum absolute atomic E-state index is 13.3. The Morgan fingerprint density at radius 1 is 1.28 bits per heavy atom. The van der Waals surface area contributed by atoms with Crippen LogP contribution in [0.2, 0.25) is 5.15 Å². The molecule has 0 aliphatic carbocycles. The average molecular weight is 383 g/mol. The van der Waals surface area contributed by atoms with Crippen molar-refractivity contribution in [2.24, 2.45) is 0 Å². The SMILES string of the molecule is Cc1ccc([S@](=O)C[C@H](CF)OCn2cnc3c(Cl)ncnc32)cc1. The number of benzene rings is 1. The first kappa shape index (κ1) is 17.9. The van der Waals surface area contributed by atoms with Crippen LogP contribution in [0.1, 0.15) is 5.56 Å². The number of halogens is 2. The van der Waals surface area contributed by atoms with Crippen LogP contribution in [-0.4, -0.2) is 42.3 Å². The Kier molecular flexibility index (Phi) is 5.72. The summed E-state index contributed by atoms with van der Waals surface area (Å²) in [5.41, 5.74) is 2.02. The molecule has 132 valence electrons. The fourth-order valence-electron chi connectivity index (χ4n) is 2.22. The predicted octanol–water partition coefficient (Wildman–Crippen LogP) is 2.91. The van der Waals surface area contributed by atoms with Gasteiger partial charge in [-0.15, -0.1) is 0 Å². The number of rotatable bonds is 7. The lowest BCUT2D eigenvalue weighted by Crippen LogP contribution is -2.24. The van der Waals surface area contributed by atoms with Gasteiger partial charge in [-0.2, -0.15) is 0 Å². The number of aromatic nitrogens is 4. The molecule has 0 aliphatic heterocycles. The van der Waals surface area contributed by atoms with Crippen LogP contribution in [0.25, 0.3) is 11.2 Å². The van der Waals surface area contributed by atoms with E-state index in [1.807, 2.05) is 19.1 Å². The van der Waals surface area contributed by atoms with Crippen molar-refractivity contribution < 1.29 is 13.3 Å². The Bertz CT molecular complexity index is 887. The molecule has 0 bridgehead atoms. The molecule has 2 atom stereocenters. The van der Waals surface area contributed by atoms with Crippen molar-refractivity contribution in [1.82, 2.24) is 19.5 Å². The Hall–Kier alpha value is -1.90. The highest BCUT2D eigenvalue weighted by Gasteiger charge is 2.16. The summed E-state index contributed by atoms with van der Waals surface area (Å²) in [6.07, 6.45) is 2.02. The number of nitrogens with zero attached hydrogens (tertiary/aromatic N) is 4. The van der Waals surface area contributed by atoms with Crippen molar-refractivity contribution in [3.63, 3.8) is 0 Å². The van der Waals surface area contributed by atoms with Gasteiger partial charge in [-0.1, -0.05) is 29.3 Å². The maximum Gasteiger partial charge on any atom is 0.166 e. The van der Waals surface area contributed by atoms with E-state index in [-0.39, 0.29) is 17.6 Å². The Morgan fingerprint density at radius 3 is 2.76 bits per heavy atom. The molecule has 0 unspecified atom stereocenters. The summed E-state index contributed by atoms with van der Waals surface area (Å²) in [7, 11) is -1.34. The fourth-order valence-corrected chi connectivity index (χ4v) is 3.56. The summed E-state index contributed by atoms with van der Waals surface area (Å²) in [4.78, 5) is 12.7. The lowest BCUT2D eigenvalue weighted by atomic mass is 10.2. The number of aryl methyl sites for hydroxylation is 1. The second kappa shape index (κ2) is 7.99. The highest BCUT2D eigenvalue weighted by molar-refractivity contribution is 7.85. The smallest absolute Gasteiger partial charge is 0.166 e. The first-order chi connectivity index (χ1) is 12.1. The number of hydrogen-bond acceptors (Lipinski definition) is 5. The van der Waals surface area contributed by atoms with Gasteiger partial charge in [0.15, 0.2) is 10.8 Å². The minimum atomic E-state index is -1.34. The summed E-state index contributed by atoms with van der Waals surface area (Å²) in [5, 5.41) is 0.242. The topological polar surface area (TPSA) is 69.9 Å². The summed E-state index contributed by atoms with van der Waals surface area (Å²) in [6.45, 7) is 1.24. The van der Waals surface area contributed by atoms with Gasteiger partial charge in [0.05, 0.1) is 29.0 Å². The van der Waals surface area contributed by atoms with Crippen LogP contribution in [0.3, 0.4) is 0 Å².